The Bertz CT molecular complexity index is 7340. The lowest BCUT2D eigenvalue weighted by molar-refractivity contribution is 0.0690. The summed E-state index contributed by atoms with van der Waals surface area (Å²) in [5, 5.41) is 66.5. The molecule has 19 rings (SSSR count). The van der Waals surface area contributed by atoms with Crippen molar-refractivity contribution in [3.05, 3.63) is 349 Å². The highest BCUT2D eigenvalue weighted by Crippen LogP contribution is 2.22. The molecule has 11 N–H and O–H groups in total. The standard InChI is InChI=1S/C16H14N4O.C13H12N2O2.C9H7N3O2.2C9H9N3O.C8H8N4O.C8H5N3O3.C8H7N3O2.C8H5N3O2.C2H2/c1-17-10-14-8-7-13-9-18-20-16(15(13)19-14)21-11-12-5-3-2-4-6-12;1-17-12-9-5-8-11(15-12)13(16)14-10-6-3-2-4-7-10;1-5(13)7-3-2-6-4-10-12-9(14)8(6)11-7;2*1-2-7-4-3-6-5-10-12-9(13)8(6)11-7;9-3-6-2-1-5-4-10-12-8(13)7(5)11-6;12-7-6-4(3-9-11-7)1-2-5(10-6)8(13)14;1-13-6-3-2-5-4-9-11-8(12)7(5)10-6;12-4-6-2-1-5-3-9-11-8(13)7(5)10-6;1-2/h2-10H,11H2,1H3;2-9H,1H3,(H,14,16);2-4H,1H3,(H,12,14);2*3-5H,2H2,1H3,(H,12,13);1-2,4H,3,9H2,(H,12,13);1-3H,(H,11,12)(H,13,14);2-4H,1H3,(H,11,12);1-4H,(H,11,13);1-2H. The SMILES string of the molecule is C#C.CC(=O)c1ccc2cn[nH]c(=O)c2n1.CCc1ccc2cn[nH]c(=O)c2n1.CCc1ccc2cn[nH]c(=O)c2n1.CN=Cc1ccc2cnnc(OCc3ccccc3)c2n1.COc1ccc2cn[nH]c(=O)c2n1.COc1cccc(C(=O)Nc2ccccc2)n1.NCc1ccc2cn[nH]c(=O)c2n1.O=C(O)c1ccc2cn[nH]c(=O)c2n1.O=Cc1ccc2cn[nH]c(=O)c2n1. The van der Waals surface area contributed by atoms with E-state index in [9.17, 15) is 52.7 Å². The smallest absolute Gasteiger partial charge is 0.354 e. The topological polar surface area (TPSA) is 629 Å². The van der Waals surface area contributed by atoms with Crippen LogP contribution in [0.3, 0.4) is 0 Å². The molecule has 43 nitrogen and oxygen atoms in total. The summed E-state index contributed by atoms with van der Waals surface area (Å²) in [4.78, 5) is 163. The minimum atomic E-state index is -1.16. The number of Topliss-reactive ketones (excluding diaryl/α,β-unsaturated/α-hetero) is 1. The molecule has 19 aromatic rings. The summed E-state index contributed by atoms with van der Waals surface area (Å²) in [5.74, 6) is -0.307. The maximum Gasteiger partial charge on any atom is 0.354 e. The number of benzene rings is 2. The van der Waals surface area contributed by atoms with Gasteiger partial charge in [0.05, 0.1) is 75.2 Å². The second kappa shape index (κ2) is 48.5. The van der Waals surface area contributed by atoms with Crippen molar-refractivity contribution in [2.24, 2.45) is 10.7 Å². The van der Waals surface area contributed by atoms with Gasteiger partial charge in [0, 0.05) is 99.0 Å². The van der Waals surface area contributed by atoms with Crippen LogP contribution in [0.2, 0.25) is 0 Å². The molecular formula is C90H78N28O15. The van der Waals surface area contributed by atoms with Crippen molar-refractivity contribution < 1.29 is 38.5 Å². The van der Waals surface area contributed by atoms with Gasteiger partial charge in [-0.2, -0.15) is 40.8 Å². The van der Waals surface area contributed by atoms with Crippen LogP contribution in [0.5, 0.6) is 17.6 Å². The molecule has 0 aliphatic rings. The number of para-hydroxylation sites is 1. The molecule has 43 heteroatoms. The molecule has 0 bridgehead atoms. The first-order valence-corrected chi connectivity index (χ1v) is 39.3. The quantitative estimate of drug-likeness (QED) is 0.0215. The number of H-pyrrole nitrogens is 7. The van der Waals surface area contributed by atoms with Crippen LogP contribution in [0.15, 0.2) is 264 Å². The van der Waals surface area contributed by atoms with E-state index in [1.54, 1.807) is 105 Å². The fourth-order valence-corrected chi connectivity index (χ4v) is 11.3. The number of nitrogens with zero attached hydrogens (tertiary/aromatic N) is 19. The minimum Gasteiger partial charge on any atom is -0.481 e. The van der Waals surface area contributed by atoms with Crippen molar-refractivity contribution in [1.29, 1.82) is 0 Å². The van der Waals surface area contributed by atoms with Crippen molar-refractivity contribution in [3.8, 4) is 30.5 Å². The summed E-state index contributed by atoms with van der Waals surface area (Å²) in [5.41, 5.74) is 11.8. The molecule has 0 fully saturated rings. The maximum absolute atomic E-state index is 11.9. The van der Waals surface area contributed by atoms with Crippen LogP contribution in [-0.2, 0) is 26.0 Å². The number of fused-ring (bicyclic) bond motifs is 8. The Labute approximate surface area is 748 Å². The van der Waals surface area contributed by atoms with Gasteiger partial charge in [-0.15, -0.1) is 17.9 Å². The number of aryl methyl sites for hydroxylation is 2. The number of hydrogen-bond acceptors (Lipinski definition) is 34. The summed E-state index contributed by atoms with van der Waals surface area (Å²) in [6, 6.07) is 51.8. The maximum atomic E-state index is 11.9. The van der Waals surface area contributed by atoms with Crippen LogP contribution in [0.1, 0.15) is 91.1 Å². The average Bonchev–Trinajstić information content (AvgIpc) is 0.841. The average molecular weight is 1790 g/mol. The van der Waals surface area contributed by atoms with Gasteiger partial charge >= 0.3 is 5.97 Å². The van der Waals surface area contributed by atoms with Crippen LogP contribution < -0.4 is 64.2 Å². The van der Waals surface area contributed by atoms with Crippen molar-refractivity contribution >= 4 is 123 Å². The minimum absolute atomic E-state index is 0.0832. The number of aromatic amines is 7. The van der Waals surface area contributed by atoms with Crippen molar-refractivity contribution in [2.75, 3.05) is 26.6 Å². The predicted octanol–water partition coefficient (Wildman–Crippen LogP) is 7.78. The summed E-state index contributed by atoms with van der Waals surface area (Å²) >= 11 is 0. The number of carboxylic acid groups (broad SMARTS) is 1. The number of nitrogens with one attached hydrogen (secondary N) is 8. The molecular weight excluding hydrogens is 1710 g/mol. The monoisotopic (exact) mass is 1790 g/mol. The number of carbonyl (C=O) groups is 4. The molecule has 133 heavy (non-hydrogen) atoms. The second-order valence-electron chi connectivity index (χ2n) is 26.6. The Morgan fingerprint density at radius 1 is 0.414 bits per heavy atom. The van der Waals surface area contributed by atoms with E-state index in [-0.39, 0.29) is 78.7 Å². The number of rotatable bonds is 14. The predicted molar refractivity (Wildman–Crippen MR) is 493 cm³/mol. The number of nitrogens with two attached hydrogens (primary N) is 1. The van der Waals surface area contributed by atoms with Gasteiger partial charge in [-0.25, -0.2) is 85.3 Å². The lowest BCUT2D eigenvalue weighted by Gasteiger charge is -2.07. The van der Waals surface area contributed by atoms with Gasteiger partial charge in [0.1, 0.15) is 73.5 Å². The molecule has 668 valence electrons. The molecule has 1 amide bonds. The van der Waals surface area contributed by atoms with Gasteiger partial charge in [-0.3, -0.25) is 52.9 Å². The first-order chi connectivity index (χ1) is 64.6. The van der Waals surface area contributed by atoms with E-state index in [4.69, 9.17) is 25.1 Å². The number of aromatic nitrogens is 25. The Kier molecular flexibility index (Phi) is 35.1. The largest absolute Gasteiger partial charge is 0.481 e. The van der Waals surface area contributed by atoms with Gasteiger partial charge in [0.25, 0.3) is 50.7 Å². The molecule has 17 heterocycles. The highest BCUT2D eigenvalue weighted by Gasteiger charge is 2.14. The third-order valence-electron chi connectivity index (χ3n) is 17.8. The lowest BCUT2D eigenvalue weighted by Crippen LogP contribution is -2.13. The number of anilines is 1. The van der Waals surface area contributed by atoms with E-state index in [2.05, 4.69) is 150 Å². The molecule has 0 atom stereocenters. The molecule has 0 aliphatic carbocycles. The molecule has 0 unspecified atom stereocenters. The zero-order valence-corrected chi connectivity index (χ0v) is 71.2. The number of amides is 1. The highest BCUT2D eigenvalue weighted by atomic mass is 16.5. The number of aromatic carboxylic acids is 1. The Hall–Kier alpha value is -19.0. The number of carbonyl (C=O) groups excluding carboxylic acids is 3. The normalized spacial score (nSPS) is 10.3. The first-order valence-electron chi connectivity index (χ1n) is 39.3. The number of methoxy groups -OCH3 is 2. The number of aldehydes is 1. The van der Waals surface area contributed by atoms with Gasteiger partial charge < -0.3 is 30.4 Å². The summed E-state index contributed by atoms with van der Waals surface area (Å²) in [7, 11) is 4.73. The third kappa shape index (κ3) is 27.0. The van der Waals surface area contributed by atoms with Gasteiger partial charge in [-0.1, -0.05) is 68.4 Å². The number of hydrogen-bond donors (Lipinski definition) is 10. The summed E-state index contributed by atoms with van der Waals surface area (Å²) in [6.07, 6.45) is 24.3. The molecule has 0 aliphatic heterocycles. The van der Waals surface area contributed by atoms with E-state index in [1.807, 2.05) is 111 Å². The van der Waals surface area contributed by atoms with Crippen LogP contribution in [0, 0.1) is 12.8 Å². The van der Waals surface area contributed by atoms with Gasteiger partial charge in [-0.05, 0) is 128 Å². The van der Waals surface area contributed by atoms with Crippen LogP contribution >= 0.6 is 0 Å². The highest BCUT2D eigenvalue weighted by molar-refractivity contribution is 6.03. The van der Waals surface area contributed by atoms with E-state index < -0.39 is 11.5 Å². The number of ketones is 1. The van der Waals surface area contributed by atoms with Crippen LogP contribution in [0.4, 0.5) is 5.69 Å². The zero-order chi connectivity index (χ0) is 95.1. The first kappa shape index (κ1) is 96.2. The number of carboxylic acids is 1. The Morgan fingerprint density at radius 2 is 0.789 bits per heavy atom. The van der Waals surface area contributed by atoms with E-state index in [1.165, 1.54) is 57.9 Å². The molecule has 0 radical (unpaired) electrons. The molecule has 17 aromatic heterocycles. The van der Waals surface area contributed by atoms with Crippen molar-refractivity contribution in [1.82, 2.24) is 126 Å². The fourth-order valence-electron chi connectivity index (χ4n) is 11.3. The van der Waals surface area contributed by atoms with Gasteiger partial charge in [0.2, 0.25) is 11.8 Å². The van der Waals surface area contributed by atoms with Crippen LogP contribution in [-0.4, -0.2) is 183 Å². The number of pyridine rings is 9. The number of terminal acetylenes is 1. The van der Waals surface area contributed by atoms with Crippen molar-refractivity contribution in [3.63, 3.8) is 0 Å². The third-order valence-corrected chi connectivity index (χ3v) is 17.8. The summed E-state index contributed by atoms with van der Waals surface area (Å²) < 4.78 is 15.6. The molecule has 0 spiro atoms. The number of ether oxygens (including phenoxy) is 3. The second-order valence-corrected chi connectivity index (χ2v) is 26.6. The number of aliphatic imine (C=N–C) groups is 1. The summed E-state index contributed by atoms with van der Waals surface area (Å²) in [6.45, 7) is 6.18. The lowest BCUT2D eigenvalue weighted by atomic mass is 10.2. The van der Waals surface area contributed by atoms with Gasteiger partial charge in [0.15, 0.2) is 12.1 Å². The molecule has 0 saturated heterocycles. The van der Waals surface area contributed by atoms with E-state index in [0.29, 0.717) is 97.6 Å². The van der Waals surface area contributed by atoms with Crippen LogP contribution in [0.25, 0.3) is 87.2 Å². The molecule has 2 aromatic carbocycles. The zero-order valence-electron chi connectivity index (χ0n) is 71.2. The van der Waals surface area contributed by atoms with E-state index in [0.717, 1.165) is 62.7 Å². The Morgan fingerprint density at radius 3 is 1.23 bits per heavy atom. The molecule has 0 saturated carbocycles. The fraction of sp³-hybridized carbons (Fsp3) is 0.111. The van der Waals surface area contributed by atoms with E-state index >= 15 is 0 Å². The Balaban J connectivity index is 0.000000155. The van der Waals surface area contributed by atoms with Crippen molar-refractivity contribution in [2.45, 2.75) is 46.8 Å².